The number of carbonyl (C=O) groups is 5. The Bertz CT molecular complexity index is 4090. The number of pyridine rings is 3. The standard InChI is InChI=1S/C22H25F3N2O2.C21H23F3N2O3.C18H17NO3.C12H12F3NO2.C10H15NO/c1-15-2-4-16(5-3-15)12-18(28)14-27-20(29)13-19(17-6-10-26-11-7-17)21(8-9-21)22(23,24)25;22-21(23,24)20(7-8-20)18(15-5-9-25-10-6-15)12-19(29)26-13-17(28)11-14-1-3-16(27)4-2-14;1-12-6-8-13(9-7-12)10-14(20)11-19-17(21)15-4-2-3-5-16(15)18(19)22;13-12(14,15)11(3-4-11)9(7-10(17)18)8-1-5-16-6-2-8;1-8-2-4-9(5-3-8)6-10(12)7-11/h2-7,10-11,18-19,28H,8-9,12-14H2,1H3,(H,27,29);1-6,9-10,17-18,27-28H,7-8,11-13H2,(H,26,29);2-9,14,20H,10-11H2,1H3;1-2,5-6,9H,3-4,7H2,(H,17,18);2-5,10,12H,6-7,11H2,1H3/t18-,19?;17-,18?;14-;;10-/m000.0/s1. The Kier molecular flexibility index (Phi) is 29.7. The van der Waals surface area contributed by atoms with Crippen LogP contribution in [0.5, 0.6) is 5.75 Å². The smallest absolute Gasteiger partial charge is 0.395 e. The number of amides is 4. The van der Waals surface area contributed by atoms with Gasteiger partial charge in [0.15, 0.2) is 0 Å². The van der Waals surface area contributed by atoms with Crippen molar-refractivity contribution in [1.82, 2.24) is 30.5 Å². The first kappa shape index (κ1) is 85.7. The maximum absolute atomic E-state index is 13.7. The summed E-state index contributed by atoms with van der Waals surface area (Å²) in [5.41, 5.74) is 9.13. The van der Waals surface area contributed by atoms with Crippen LogP contribution in [0.2, 0.25) is 0 Å². The highest BCUT2D eigenvalue weighted by atomic mass is 19.4. The molecule has 1 aliphatic heterocycles. The molecule has 0 saturated heterocycles. The summed E-state index contributed by atoms with van der Waals surface area (Å²) >= 11 is 0. The maximum atomic E-state index is 13.7. The lowest BCUT2D eigenvalue weighted by atomic mass is 9.80. The van der Waals surface area contributed by atoms with Crippen molar-refractivity contribution < 1.29 is 94.1 Å². The second kappa shape index (κ2) is 38.1. The second-order valence-corrected chi connectivity index (χ2v) is 28.6. The number of aliphatic hydroxyl groups excluding tert-OH is 4. The quantitative estimate of drug-likeness (QED) is 0.0171. The summed E-state index contributed by atoms with van der Waals surface area (Å²) in [6.07, 6.45) is -6.88. The number of aryl methyl sites for hydroxylation is 3. The van der Waals surface area contributed by atoms with Crippen LogP contribution in [0.4, 0.5) is 39.5 Å². The normalized spacial score (nSPS) is 16.8. The highest BCUT2D eigenvalue weighted by molar-refractivity contribution is 6.21. The van der Waals surface area contributed by atoms with Gasteiger partial charge in [-0.25, -0.2) is 0 Å². The predicted molar refractivity (Wildman–Crippen MR) is 393 cm³/mol. The van der Waals surface area contributed by atoms with Gasteiger partial charge in [-0.3, -0.25) is 43.8 Å². The summed E-state index contributed by atoms with van der Waals surface area (Å²) in [6.45, 7) is 6.28. The maximum Gasteiger partial charge on any atom is 0.395 e. The molecule has 4 heterocycles. The highest BCUT2D eigenvalue weighted by Crippen LogP contribution is 2.68. The fourth-order valence-electron chi connectivity index (χ4n) is 13.5. The zero-order valence-electron chi connectivity index (χ0n) is 61.0. The van der Waals surface area contributed by atoms with E-state index >= 15 is 0 Å². The van der Waals surface area contributed by atoms with E-state index in [1.807, 2.05) is 93.6 Å². The van der Waals surface area contributed by atoms with E-state index in [0.29, 0.717) is 53.6 Å². The zero-order chi connectivity index (χ0) is 80.2. The van der Waals surface area contributed by atoms with Gasteiger partial charge in [-0.2, -0.15) is 39.5 Å². The van der Waals surface area contributed by atoms with Crippen LogP contribution in [0.15, 0.2) is 195 Å². The minimum Gasteiger partial charge on any atom is -0.508 e. The first-order chi connectivity index (χ1) is 52.1. The predicted octanol–water partition coefficient (Wildman–Crippen LogP) is 13.3. The topological polar surface area (TPSA) is 299 Å². The number of carboxylic acids is 1. The van der Waals surface area contributed by atoms with E-state index in [0.717, 1.165) is 38.3 Å². The van der Waals surface area contributed by atoms with E-state index < -0.39 is 101 Å². The fraction of sp³-hybridized carbons (Fsp3) is 0.398. The number of aromatic hydroxyl groups is 1. The number of imide groups is 1. The summed E-state index contributed by atoms with van der Waals surface area (Å²) in [7, 11) is 0. The fourth-order valence-corrected chi connectivity index (χ4v) is 13.5. The van der Waals surface area contributed by atoms with E-state index in [9.17, 15) is 89.0 Å². The number of aliphatic hydroxyl groups is 4. The van der Waals surface area contributed by atoms with Crippen molar-refractivity contribution in [2.24, 2.45) is 22.0 Å². The number of halogens is 9. The lowest BCUT2D eigenvalue weighted by Gasteiger charge is -2.29. The monoisotopic (exact) mass is 1530 g/mol. The molecular formula is C83H92F9N7O11. The number of carboxylic acid groups (broad SMARTS) is 1. The van der Waals surface area contributed by atoms with Gasteiger partial charge in [-0.15, -0.1) is 0 Å². The number of nitrogens with two attached hydrogens (primary N) is 1. The third-order valence-corrected chi connectivity index (χ3v) is 20.3. The van der Waals surface area contributed by atoms with Gasteiger partial charge in [-0.05, 0) is 165 Å². The van der Waals surface area contributed by atoms with Crippen molar-refractivity contribution in [3.8, 4) is 5.75 Å². The first-order valence-electron chi connectivity index (χ1n) is 36.0. The summed E-state index contributed by atoms with van der Waals surface area (Å²) < 4.78 is 121. The number of aliphatic carboxylic acids is 1. The molecule has 110 heavy (non-hydrogen) atoms. The molecule has 3 saturated carbocycles. The van der Waals surface area contributed by atoms with Gasteiger partial charge >= 0.3 is 24.5 Å². The molecule has 4 amide bonds. The lowest BCUT2D eigenvalue weighted by molar-refractivity contribution is -0.196. The largest absolute Gasteiger partial charge is 0.508 e. The average molecular weight is 1530 g/mol. The molecule has 5 aromatic carbocycles. The SMILES string of the molecule is Cc1ccc(C[C@H](O)CN)cc1.Cc1ccc(C[C@H](O)CN2C(=O)c3ccccc3C2=O)cc1.Cc1ccc(C[C@H](O)CNC(=O)CC(c2ccncc2)C2(C(F)(F)F)CC2)cc1.O=C(CC(c1ccncc1)C1(C(F)(F)F)CC1)NC[C@@H](O)Cc1ccc(O)cc1.O=C(O)CC(c1ccncc1)C1(C(F)(F)F)CC1. The minimum absolute atomic E-state index is 0.000245. The number of carbonyl (C=O) groups excluding carboxylic acids is 4. The molecule has 0 spiro atoms. The molecule has 3 aliphatic carbocycles. The number of hydrogen-bond acceptors (Lipinski definition) is 14. The molecule has 3 unspecified atom stereocenters. The Hall–Kier alpha value is -9.93. The molecule has 7 atom stereocenters. The molecule has 4 aliphatic rings. The van der Waals surface area contributed by atoms with E-state index in [1.165, 1.54) is 91.3 Å². The van der Waals surface area contributed by atoms with Crippen molar-refractivity contribution >= 4 is 29.6 Å². The number of β-amino-alcohol motifs (C(OH)–C–C–N with tert-alkyl or cyclic N) is 1. The third kappa shape index (κ3) is 23.8. The molecule has 27 heteroatoms. The van der Waals surface area contributed by atoms with Gasteiger partial charge < -0.3 is 47.0 Å². The van der Waals surface area contributed by atoms with Crippen molar-refractivity contribution in [3.63, 3.8) is 0 Å². The van der Waals surface area contributed by atoms with Crippen LogP contribution in [0.3, 0.4) is 0 Å². The van der Waals surface area contributed by atoms with Gasteiger partial charge in [0.1, 0.15) is 5.75 Å². The first-order valence-corrected chi connectivity index (χ1v) is 36.0. The van der Waals surface area contributed by atoms with Crippen molar-refractivity contribution in [1.29, 1.82) is 0 Å². The molecule has 3 fully saturated rings. The number of nitrogens with one attached hydrogen (secondary N) is 2. The summed E-state index contributed by atoms with van der Waals surface area (Å²) in [4.78, 5) is 72.7. The number of nitrogens with zero attached hydrogens (tertiary/aromatic N) is 4. The highest BCUT2D eigenvalue weighted by Gasteiger charge is 2.69. The Labute approximate surface area is 632 Å². The Morgan fingerprint density at radius 1 is 0.436 bits per heavy atom. The van der Waals surface area contributed by atoms with E-state index in [4.69, 9.17) is 10.8 Å². The van der Waals surface area contributed by atoms with Crippen molar-refractivity contribution in [2.75, 3.05) is 26.2 Å². The molecule has 0 bridgehead atoms. The lowest BCUT2D eigenvalue weighted by Crippen LogP contribution is -2.37. The van der Waals surface area contributed by atoms with Gasteiger partial charge in [0.2, 0.25) is 11.8 Å². The molecule has 18 nitrogen and oxygen atoms in total. The number of phenols is 1. The van der Waals surface area contributed by atoms with Crippen molar-refractivity contribution in [2.45, 2.75) is 165 Å². The van der Waals surface area contributed by atoms with Gasteiger partial charge in [0.25, 0.3) is 11.8 Å². The number of hydrogen-bond donors (Lipinski definition) is 9. The molecule has 588 valence electrons. The Balaban J connectivity index is 0.000000178. The Morgan fingerprint density at radius 2 is 0.718 bits per heavy atom. The number of phenolic OH excluding ortho intramolecular Hbond substituents is 1. The van der Waals surface area contributed by atoms with Gasteiger partial charge in [0.05, 0.1) is 64.8 Å². The molecule has 10 N–H and O–H groups in total. The summed E-state index contributed by atoms with van der Waals surface area (Å²) in [5.74, 6) is -5.77. The number of aromatic nitrogens is 3. The number of benzene rings is 5. The van der Waals surface area contributed by atoms with Crippen LogP contribution in [0, 0.1) is 37.0 Å². The summed E-state index contributed by atoms with van der Waals surface area (Å²) in [6, 6.07) is 45.7. The Morgan fingerprint density at radius 3 is 1.00 bits per heavy atom. The van der Waals surface area contributed by atoms with Crippen LogP contribution in [0.1, 0.15) is 152 Å². The van der Waals surface area contributed by atoms with E-state index in [1.54, 1.807) is 36.4 Å². The molecule has 12 rings (SSSR count). The number of rotatable bonds is 27. The van der Waals surface area contributed by atoms with E-state index in [-0.39, 0.29) is 95.0 Å². The average Bonchev–Trinajstić information content (AvgIpc) is 1.59. The van der Waals surface area contributed by atoms with Crippen LogP contribution < -0.4 is 16.4 Å². The minimum atomic E-state index is -4.39. The zero-order valence-corrected chi connectivity index (χ0v) is 61.0. The molecule has 3 aromatic heterocycles. The molecular weight excluding hydrogens is 1440 g/mol. The van der Waals surface area contributed by atoms with Gasteiger partial charge in [-0.1, -0.05) is 114 Å². The number of alkyl halides is 9. The van der Waals surface area contributed by atoms with Crippen LogP contribution in [-0.2, 0) is 40.1 Å². The molecule has 0 radical (unpaired) electrons. The van der Waals surface area contributed by atoms with E-state index in [2.05, 4.69) is 25.6 Å². The third-order valence-electron chi connectivity index (χ3n) is 20.3. The van der Waals surface area contributed by atoms with Crippen LogP contribution in [0.25, 0.3) is 0 Å². The molecule has 8 aromatic rings. The van der Waals surface area contributed by atoms with Crippen molar-refractivity contribution in [3.05, 3.63) is 262 Å². The van der Waals surface area contributed by atoms with Crippen LogP contribution >= 0.6 is 0 Å². The second-order valence-electron chi connectivity index (χ2n) is 28.6. The number of fused-ring (bicyclic) bond motifs is 1. The van der Waals surface area contributed by atoms with Crippen LogP contribution in [-0.4, -0.2) is 149 Å². The summed E-state index contributed by atoms with van der Waals surface area (Å²) in [5, 5.41) is 63.0. The van der Waals surface area contributed by atoms with Gasteiger partial charge in [0, 0.05) is 107 Å².